The number of aromatic nitrogens is 2. The normalized spacial score (nSPS) is 12.1. The highest BCUT2D eigenvalue weighted by Crippen LogP contribution is 2.19. The molecule has 3 aromatic rings. The van der Waals surface area contributed by atoms with Gasteiger partial charge in [0.2, 0.25) is 5.91 Å². The lowest BCUT2D eigenvalue weighted by Gasteiger charge is -2.15. The van der Waals surface area contributed by atoms with Crippen molar-refractivity contribution < 1.29 is 9.53 Å². The van der Waals surface area contributed by atoms with E-state index in [1.54, 1.807) is 17.7 Å². The molecule has 0 aliphatic heterocycles. The Labute approximate surface area is 174 Å². The van der Waals surface area contributed by atoms with Gasteiger partial charge in [-0.05, 0) is 31.5 Å². The second-order valence-corrected chi connectivity index (χ2v) is 7.94. The van der Waals surface area contributed by atoms with Crippen molar-refractivity contribution in [3.05, 3.63) is 70.0 Å². The third-order valence-corrected chi connectivity index (χ3v) is 5.42. The van der Waals surface area contributed by atoms with Crippen LogP contribution in [-0.4, -0.2) is 41.0 Å². The number of thioether (sulfide) groups is 1. The second-order valence-electron chi connectivity index (χ2n) is 7.00. The summed E-state index contributed by atoms with van der Waals surface area (Å²) >= 11 is 1.27. The first-order chi connectivity index (χ1) is 14.0. The minimum absolute atomic E-state index is 0.0765. The molecule has 1 aromatic heterocycles. The van der Waals surface area contributed by atoms with Crippen molar-refractivity contribution in [2.45, 2.75) is 31.6 Å². The molecular weight excluding hydrogens is 386 g/mol. The maximum absolute atomic E-state index is 13.1. The van der Waals surface area contributed by atoms with E-state index < -0.39 is 0 Å². The van der Waals surface area contributed by atoms with Gasteiger partial charge >= 0.3 is 0 Å². The molecule has 0 fully saturated rings. The maximum Gasteiger partial charge on any atom is 0.262 e. The minimum Gasteiger partial charge on any atom is -0.383 e. The molecule has 1 heterocycles. The van der Waals surface area contributed by atoms with E-state index in [1.165, 1.54) is 11.8 Å². The van der Waals surface area contributed by atoms with Crippen molar-refractivity contribution >= 4 is 28.6 Å². The van der Waals surface area contributed by atoms with Crippen molar-refractivity contribution in [1.82, 2.24) is 14.9 Å². The summed E-state index contributed by atoms with van der Waals surface area (Å²) in [5, 5.41) is 3.98. The molecule has 1 amide bonds. The monoisotopic (exact) mass is 411 g/mol. The van der Waals surface area contributed by atoms with Crippen LogP contribution in [0.2, 0.25) is 0 Å². The van der Waals surface area contributed by atoms with E-state index in [0.29, 0.717) is 29.2 Å². The summed E-state index contributed by atoms with van der Waals surface area (Å²) in [5.74, 6) is 0.0519. The molecule has 7 heteroatoms. The smallest absolute Gasteiger partial charge is 0.262 e. The zero-order valence-electron chi connectivity index (χ0n) is 16.8. The number of fused-ring (bicyclic) bond motifs is 1. The van der Waals surface area contributed by atoms with Crippen LogP contribution in [0, 0.1) is 6.92 Å². The van der Waals surface area contributed by atoms with Crippen molar-refractivity contribution in [1.29, 1.82) is 0 Å². The van der Waals surface area contributed by atoms with Gasteiger partial charge in [-0.1, -0.05) is 53.7 Å². The van der Waals surface area contributed by atoms with Crippen LogP contribution >= 0.6 is 11.8 Å². The van der Waals surface area contributed by atoms with Gasteiger partial charge in [0.05, 0.1) is 29.8 Å². The van der Waals surface area contributed by atoms with E-state index in [-0.39, 0.29) is 23.3 Å². The number of benzene rings is 2. The summed E-state index contributed by atoms with van der Waals surface area (Å²) in [5.41, 5.74) is 2.70. The lowest BCUT2D eigenvalue weighted by molar-refractivity contribution is -0.119. The average Bonchev–Trinajstić information content (AvgIpc) is 2.70. The van der Waals surface area contributed by atoms with E-state index >= 15 is 0 Å². The van der Waals surface area contributed by atoms with Crippen LogP contribution < -0.4 is 10.9 Å². The van der Waals surface area contributed by atoms with Crippen LogP contribution in [0.5, 0.6) is 0 Å². The molecule has 0 unspecified atom stereocenters. The predicted octanol–water partition coefficient (Wildman–Crippen LogP) is 3.00. The Morgan fingerprint density at radius 3 is 2.66 bits per heavy atom. The molecule has 152 valence electrons. The Morgan fingerprint density at radius 2 is 1.93 bits per heavy atom. The minimum atomic E-state index is -0.121. The zero-order valence-corrected chi connectivity index (χ0v) is 17.7. The summed E-state index contributed by atoms with van der Waals surface area (Å²) in [6, 6.07) is 15.3. The number of methoxy groups -OCH3 is 1. The fourth-order valence-electron chi connectivity index (χ4n) is 3.01. The zero-order chi connectivity index (χ0) is 20.8. The quantitative estimate of drug-likeness (QED) is 0.456. The van der Waals surface area contributed by atoms with Crippen molar-refractivity contribution in [2.75, 3.05) is 19.5 Å². The fourth-order valence-corrected chi connectivity index (χ4v) is 3.82. The highest BCUT2D eigenvalue weighted by atomic mass is 32.2. The summed E-state index contributed by atoms with van der Waals surface area (Å²) < 4.78 is 6.69. The Hall–Kier alpha value is -2.64. The number of carbonyl (C=O) groups excluding carboxylic acids is 1. The average molecular weight is 412 g/mol. The number of nitrogens with one attached hydrogen (secondary N) is 1. The van der Waals surface area contributed by atoms with E-state index in [0.717, 1.165) is 11.1 Å². The molecule has 0 aliphatic rings. The first-order valence-corrected chi connectivity index (χ1v) is 10.4. The van der Waals surface area contributed by atoms with E-state index in [9.17, 15) is 9.59 Å². The number of hydrogen-bond donors (Lipinski definition) is 1. The number of carbonyl (C=O) groups is 1. The van der Waals surface area contributed by atoms with Crippen LogP contribution in [0.15, 0.2) is 58.5 Å². The summed E-state index contributed by atoms with van der Waals surface area (Å²) in [4.78, 5) is 30.0. The summed E-state index contributed by atoms with van der Waals surface area (Å²) in [7, 11) is 1.60. The van der Waals surface area contributed by atoms with E-state index in [1.807, 2.05) is 56.3 Å². The van der Waals surface area contributed by atoms with Crippen LogP contribution in [0.3, 0.4) is 0 Å². The molecule has 1 N–H and O–H groups in total. The van der Waals surface area contributed by atoms with Crippen LogP contribution in [0.25, 0.3) is 10.9 Å². The van der Waals surface area contributed by atoms with E-state index in [2.05, 4.69) is 10.3 Å². The summed E-state index contributed by atoms with van der Waals surface area (Å²) in [6.07, 6.45) is 0. The van der Waals surface area contributed by atoms with Gasteiger partial charge in [0.1, 0.15) is 0 Å². The van der Waals surface area contributed by atoms with Gasteiger partial charge in [-0.15, -0.1) is 0 Å². The standard InChI is InChI=1S/C22H25N3O3S/c1-15-8-10-17(11-9-15)12-25-21(27)18-6-4-5-7-19(18)24-22(25)29-14-20(26)23-16(2)13-28-3/h4-11,16H,12-14H2,1-3H3,(H,23,26)/t16-/m0/s1. The van der Waals surface area contributed by atoms with Crippen molar-refractivity contribution in [3.63, 3.8) is 0 Å². The third-order valence-electron chi connectivity index (χ3n) is 4.44. The largest absolute Gasteiger partial charge is 0.383 e. The predicted molar refractivity (Wildman–Crippen MR) is 116 cm³/mol. The first-order valence-electron chi connectivity index (χ1n) is 9.44. The van der Waals surface area contributed by atoms with Crippen LogP contribution in [0.1, 0.15) is 18.1 Å². The van der Waals surface area contributed by atoms with Gasteiger partial charge in [0.25, 0.3) is 5.56 Å². The fraction of sp³-hybridized carbons (Fsp3) is 0.318. The molecule has 2 aromatic carbocycles. The molecule has 0 bridgehead atoms. The van der Waals surface area contributed by atoms with Crippen LogP contribution in [0.4, 0.5) is 0 Å². The SMILES string of the molecule is COC[C@H](C)NC(=O)CSc1nc2ccccc2c(=O)n1Cc1ccc(C)cc1. The molecule has 3 rings (SSSR count). The van der Waals surface area contributed by atoms with Gasteiger partial charge in [-0.3, -0.25) is 14.2 Å². The number of para-hydroxylation sites is 1. The Kier molecular flexibility index (Phi) is 7.06. The van der Waals surface area contributed by atoms with Gasteiger partial charge < -0.3 is 10.1 Å². The number of nitrogens with zero attached hydrogens (tertiary/aromatic N) is 2. The summed E-state index contributed by atoms with van der Waals surface area (Å²) in [6.45, 7) is 4.76. The molecule has 0 radical (unpaired) electrons. The number of amides is 1. The van der Waals surface area contributed by atoms with Gasteiger partial charge in [-0.2, -0.15) is 0 Å². The number of rotatable bonds is 8. The maximum atomic E-state index is 13.1. The second kappa shape index (κ2) is 9.71. The molecule has 0 saturated heterocycles. The van der Waals surface area contributed by atoms with Gasteiger partial charge in [-0.25, -0.2) is 4.98 Å². The van der Waals surface area contributed by atoms with Gasteiger partial charge in [0, 0.05) is 13.2 Å². The lowest BCUT2D eigenvalue weighted by Crippen LogP contribution is -2.36. The molecule has 6 nitrogen and oxygen atoms in total. The molecule has 29 heavy (non-hydrogen) atoms. The van der Waals surface area contributed by atoms with E-state index in [4.69, 9.17) is 4.74 Å². The number of hydrogen-bond acceptors (Lipinski definition) is 5. The van der Waals surface area contributed by atoms with Crippen molar-refractivity contribution in [2.24, 2.45) is 0 Å². The molecule has 1 atom stereocenters. The molecule has 0 spiro atoms. The topological polar surface area (TPSA) is 73.2 Å². The number of aryl methyl sites for hydroxylation is 1. The molecule has 0 aliphatic carbocycles. The Bertz CT molecular complexity index is 1050. The highest BCUT2D eigenvalue weighted by Gasteiger charge is 2.14. The third kappa shape index (κ3) is 5.46. The first kappa shape index (κ1) is 21.1. The molecular formula is C22H25N3O3S. The highest BCUT2D eigenvalue weighted by molar-refractivity contribution is 7.99. The van der Waals surface area contributed by atoms with Crippen LogP contribution in [-0.2, 0) is 16.1 Å². The Balaban J connectivity index is 1.89. The molecule has 0 saturated carbocycles. The number of ether oxygens (including phenoxy) is 1. The van der Waals surface area contributed by atoms with Crippen molar-refractivity contribution in [3.8, 4) is 0 Å². The van der Waals surface area contributed by atoms with Gasteiger partial charge in [0.15, 0.2) is 5.16 Å². The Morgan fingerprint density at radius 1 is 1.21 bits per heavy atom. The lowest BCUT2D eigenvalue weighted by atomic mass is 10.1.